The molecule has 1 heteroatoms. The zero-order valence-corrected chi connectivity index (χ0v) is 11.1. The van der Waals surface area contributed by atoms with Gasteiger partial charge in [-0.3, -0.25) is 0 Å². The molecule has 2 rings (SSSR count). The Kier molecular flexibility index (Phi) is 4.11. The maximum Gasteiger partial charge on any atom is 0.0665 e. The second-order valence-electron chi connectivity index (χ2n) is 4.52. The third-order valence-electron chi connectivity index (χ3n) is 3.23. The van der Waals surface area contributed by atoms with Crippen molar-refractivity contribution in [1.29, 1.82) is 0 Å². The third kappa shape index (κ3) is 2.72. The van der Waals surface area contributed by atoms with Crippen LogP contribution in [0, 0.1) is 24.7 Å². The molecule has 0 saturated carbocycles. The average Bonchev–Trinajstić information content (AvgIpc) is 2.48. The molecule has 1 aromatic carbocycles. The van der Waals surface area contributed by atoms with Crippen LogP contribution in [0.3, 0.4) is 0 Å². The standard InChI is InChI=1S/C18H17N/c1-4-10-18-16(6-3)13-15(5-2)14-19(18)17-11-8-7-9-12-17/h2-3,7-9,11-14,18H,4,10H2,1H3. The second kappa shape index (κ2) is 5.98. The van der Waals surface area contributed by atoms with Gasteiger partial charge in [0, 0.05) is 23.0 Å². The van der Waals surface area contributed by atoms with E-state index in [1.54, 1.807) is 0 Å². The van der Waals surface area contributed by atoms with E-state index >= 15 is 0 Å². The predicted molar refractivity (Wildman–Crippen MR) is 81.4 cm³/mol. The van der Waals surface area contributed by atoms with Gasteiger partial charge in [0.2, 0.25) is 0 Å². The number of hydrogen-bond donors (Lipinski definition) is 0. The SMILES string of the molecule is C#CC1=CN(c2ccccc2)C(CCC)C(C#C)=C1. The topological polar surface area (TPSA) is 3.24 Å². The van der Waals surface area contributed by atoms with Crippen molar-refractivity contribution in [2.45, 2.75) is 25.8 Å². The Morgan fingerprint density at radius 3 is 2.47 bits per heavy atom. The highest BCUT2D eigenvalue weighted by Gasteiger charge is 2.23. The fourth-order valence-corrected chi connectivity index (χ4v) is 2.33. The number of nitrogens with zero attached hydrogens (tertiary/aromatic N) is 1. The molecule has 1 nitrogen and oxygen atoms in total. The molecule has 1 aliphatic rings. The molecule has 1 heterocycles. The van der Waals surface area contributed by atoms with Crippen molar-refractivity contribution < 1.29 is 0 Å². The van der Waals surface area contributed by atoms with Crippen LogP contribution in [0.15, 0.2) is 53.8 Å². The van der Waals surface area contributed by atoms with Gasteiger partial charge in [-0.15, -0.1) is 12.8 Å². The van der Waals surface area contributed by atoms with Crippen LogP contribution in [0.2, 0.25) is 0 Å². The van der Waals surface area contributed by atoms with E-state index in [4.69, 9.17) is 12.8 Å². The molecule has 1 atom stereocenters. The maximum absolute atomic E-state index is 5.64. The summed E-state index contributed by atoms with van der Waals surface area (Å²) in [5.74, 6) is 5.46. The molecule has 1 unspecified atom stereocenters. The number of para-hydroxylation sites is 1. The van der Waals surface area contributed by atoms with Gasteiger partial charge in [0.25, 0.3) is 0 Å². The first-order chi connectivity index (χ1) is 9.30. The van der Waals surface area contributed by atoms with Crippen LogP contribution >= 0.6 is 0 Å². The van der Waals surface area contributed by atoms with Crippen LogP contribution in [0.4, 0.5) is 5.69 Å². The number of benzene rings is 1. The average molecular weight is 247 g/mol. The van der Waals surface area contributed by atoms with Crippen molar-refractivity contribution in [3.8, 4) is 24.7 Å². The summed E-state index contributed by atoms with van der Waals surface area (Å²) >= 11 is 0. The minimum Gasteiger partial charge on any atom is -0.339 e. The van der Waals surface area contributed by atoms with Gasteiger partial charge in [0.1, 0.15) is 0 Å². The molecule has 94 valence electrons. The fraction of sp³-hybridized carbons (Fsp3) is 0.222. The van der Waals surface area contributed by atoms with Crippen LogP contribution < -0.4 is 4.90 Å². The zero-order valence-electron chi connectivity index (χ0n) is 11.1. The summed E-state index contributed by atoms with van der Waals surface area (Å²) < 4.78 is 0. The molecular formula is C18H17N. The fourth-order valence-electron chi connectivity index (χ4n) is 2.33. The largest absolute Gasteiger partial charge is 0.339 e. The molecule has 0 radical (unpaired) electrons. The van der Waals surface area contributed by atoms with Gasteiger partial charge in [-0.05, 0) is 24.6 Å². The van der Waals surface area contributed by atoms with E-state index in [0.717, 1.165) is 29.7 Å². The second-order valence-corrected chi connectivity index (χ2v) is 4.52. The van der Waals surface area contributed by atoms with Crippen molar-refractivity contribution in [2.75, 3.05) is 4.90 Å². The Labute approximate surface area is 115 Å². The minimum absolute atomic E-state index is 0.203. The highest BCUT2D eigenvalue weighted by Crippen LogP contribution is 2.29. The molecule has 1 aromatic rings. The van der Waals surface area contributed by atoms with E-state index in [1.807, 2.05) is 30.5 Å². The smallest absolute Gasteiger partial charge is 0.0665 e. The molecule has 0 fully saturated rings. The normalized spacial score (nSPS) is 18.1. The zero-order chi connectivity index (χ0) is 13.7. The van der Waals surface area contributed by atoms with Gasteiger partial charge in [-0.1, -0.05) is 43.4 Å². The van der Waals surface area contributed by atoms with Crippen LogP contribution in [0.5, 0.6) is 0 Å². The molecule has 0 saturated heterocycles. The first-order valence-electron chi connectivity index (χ1n) is 6.50. The van der Waals surface area contributed by atoms with Crippen molar-refractivity contribution in [3.05, 3.63) is 53.8 Å². The third-order valence-corrected chi connectivity index (χ3v) is 3.23. The van der Waals surface area contributed by atoms with Gasteiger partial charge >= 0.3 is 0 Å². The Hall–Kier alpha value is -2.38. The number of rotatable bonds is 3. The predicted octanol–water partition coefficient (Wildman–Crippen LogP) is 3.75. The van der Waals surface area contributed by atoms with E-state index in [2.05, 4.69) is 35.8 Å². The van der Waals surface area contributed by atoms with E-state index in [-0.39, 0.29) is 6.04 Å². The Balaban J connectivity index is 2.45. The summed E-state index contributed by atoms with van der Waals surface area (Å²) in [5, 5.41) is 0. The molecule has 0 aliphatic carbocycles. The lowest BCUT2D eigenvalue weighted by Crippen LogP contribution is -2.34. The first-order valence-corrected chi connectivity index (χ1v) is 6.50. The summed E-state index contributed by atoms with van der Waals surface area (Å²) in [5.41, 5.74) is 2.90. The Morgan fingerprint density at radius 2 is 1.89 bits per heavy atom. The number of terminal acetylenes is 2. The van der Waals surface area contributed by atoms with Gasteiger partial charge < -0.3 is 4.90 Å². The number of anilines is 1. The van der Waals surface area contributed by atoms with E-state index in [9.17, 15) is 0 Å². The van der Waals surface area contributed by atoms with Crippen LogP contribution in [-0.4, -0.2) is 6.04 Å². The molecular weight excluding hydrogens is 230 g/mol. The van der Waals surface area contributed by atoms with E-state index < -0.39 is 0 Å². The minimum atomic E-state index is 0.203. The van der Waals surface area contributed by atoms with Crippen molar-refractivity contribution >= 4 is 5.69 Å². The van der Waals surface area contributed by atoms with Crippen LogP contribution in [0.25, 0.3) is 0 Å². The summed E-state index contributed by atoms with van der Waals surface area (Å²) in [6, 6.07) is 10.4. The Morgan fingerprint density at radius 1 is 1.16 bits per heavy atom. The van der Waals surface area contributed by atoms with Crippen molar-refractivity contribution in [3.63, 3.8) is 0 Å². The number of hydrogen-bond acceptors (Lipinski definition) is 1. The van der Waals surface area contributed by atoms with Gasteiger partial charge in [-0.2, -0.15) is 0 Å². The molecule has 0 bridgehead atoms. The monoisotopic (exact) mass is 247 g/mol. The molecule has 0 amide bonds. The Bertz CT molecular complexity index is 578. The number of allylic oxidation sites excluding steroid dienone is 2. The molecule has 0 aromatic heterocycles. The lowest BCUT2D eigenvalue weighted by Gasteiger charge is -2.34. The quantitative estimate of drug-likeness (QED) is 0.735. The summed E-state index contributed by atoms with van der Waals surface area (Å²) in [6.07, 6.45) is 17.2. The molecule has 19 heavy (non-hydrogen) atoms. The lowest BCUT2D eigenvalue weighted by atomic mass is 9.95. The van der Waals surface area contributed by atoms with E-state index in [1.165, 1.54) is 0 Å². The maximum atomic E-state index is 5.64. The van der Waals surface area contributed by atoms with Crippen molar-refractivity contribution in [2.24, 2.45) is 0 Å². The van der Waals surface area contributed by atoms with Gasteiger partial charge in [0.05, 0.1) is 6.04 Å². The summed E-state index contributed by atoms with van der Waals surface area (Å²) in [7, 11) is 0. The highest BCUT2D eigenvalue weighted by molar-refractivity contribution is 5.61. The first kappa shape index (κ1) is 13.1. The molecule has 1 aliphatic heterocycles. The lowest BCUT2D eigenvalue weighted by molar-refractivity contribution is 0.658. The summed E-state index contributed by atoms with van der Waals surface area (Å²) in [4.78, 5) is 2.19. The van der Waals surface area contributed by atoms with Crippen molar-refractivity contribution in [1.82, 2.24) is 0 Å². The van der Waals surface area contributed by atoms with Gasteiger partial charge in [-0.25, -0.2) is 0 Å². The highest BCUT2D eigenvalue weighted by atomic mass is 15.1. The van der Waals surface area contributed by atoms with Crippen LogP contribution in [0.1, 0.15) is 19.8 Å². The van der Waals surface area contributed by atoms with E-state index in [0.29, 0.717) is 0 Å². The molecule has 0 spiro atoms. The molecule has 0 N–H and O–H groups in total. The van der Waals surface area contributed by atoms with Crippen LogP contribution in [-0.2, 0) is 0 Å². The van der Waals surface area contributed by atoms with Gasteiger partial charge in [0.15, 0.2) is 0 Å². The summed E-state index contributed by atoms with van der Waals surface area (Å²) in [6.45, 7) is 2.16.